The van der Waals surface area contributed by atoms with E-state index in [0.29, 0.717) is 5.22 Å². The maximum atomic E-state index is 11.5. The Balaban J connectivity index is 2.46. The number of rotatable bonds is 5. The van der Waals surface area contributed by atoms with Gasteiger partial charge in [-0.25, -0.2) is 4.98 Å². The molecule has 4 heteroatoms. The molecule has 0 aliphatic heterocycles. The van der Waals surface area contributed by atoms with Gasteiger partial charge in [-0.2, -0.15) is 0 Å². The maximum absolute atomic E-state index is 11.5. The third kappa shape index (κ3) is 3.38. The van der Waals surface area contributed by atoms with E-state index in [1.807, 2.05) is 19.9 Å². The van der Waals surface area contributed by atoms with Gasteiger partial charge in [0.1, 0.15) is 6.26 Å². The summed E-state index contributed by atoms with van der Waals surface area (Å²) < 4.78 is 5.03. The highest BCUT2D eigenvalue weighted by atomic mass is 32.2. The monoisotopic (exact) mass is 211 g/mol. The van der Waals surface area contributed by atoms with Gasteiger partial charge in [0.25, 0.3) is 5.22 Å². The number of nitrogens with zero attached hydrogens (tertiary/aromatic N) is 1. The molecule has 1 atom stereocenters. The van der Waals surface area contributed by atoms with Crippen LogP contribution in [0.1, 0.15) is 20.3 Å². The standard InChI is InChI=1S/C10H13NO2S/c1-3-4-5-9(12)8(2)14-10-11-6-7-13-10/h4-8H,3H2,1-2H3/b5-4+. The molecule has 0 saturated carbocycles. The van der Waals surface area contributed by atoms with Crippen molar-refractivity contribution in [1.29, 1.82) is 0 Å². The minimum Gasteiger partial charge on any atom is -0.440 e. The van der Waals surface area contributed by atoms with E-state index in [9.17, 15) is 4.79 Å². The first-order valence-electron chi connectivity index (χ1n) is 4.50. The van der Waals surface area contributed by atoms with Crippen LogP contribution in [-0.4, -0.2) is 16.0 Å². The van der Waals surface area contributed by atoms with Crippen LogP contribution in [0.2, 0.25) is 0 Å². The van der Waals surface area contributed by atoms with E-state index in [0.717, 1.165) is 6.42 Å². The van der Waals surface area contributed by atoms with Crippen molar-refractivity contribution in [2.24, 2.45) is 0 Å². The number of carbonyl (C=O) groups is 1. The lowest BCUT2D eigenvalue weighted by atomic mass is 10.2. The fraction of sp³-hybridized carbons (Fsp3) is 0.400. The Morgan fingerprint density at radius 2 is 2.57 bits per heavy atom. The van der Waals surface area contributed by atoms with Crippen LogP contribution in [0.15, 0.2) is 34.3 Å². The number of ketones is 1. The Morgan fingerprint density at radius 1 is 1.79 bits per heavy atom. The minimum absolute atomic E-state index is 0.0926. The summed E-state index contributed by atoms with van der Waals surface area (Å²) in [4.78, 5) is 15.4. The summed E-state index contributed by atoms with van der Waals surface area (Å²) in [6, 6.07) is 0. The lowest BCUT2D eigenvalue weighted by Crippen LogP contribution is -2.09. The van der Waals surface area contributed by atoms with Crippen LogP contribution in [0.4, 0.5) is 0 Å². The summed E-state index contributed by atoms with van der Waals surface area (Å²) in [5, 5.41) is 0.396. The van der Waals surface area contributed by atoms with Gasteiger partial charge < -0.3 is 4.42 Å². The second-order valence-electron chi connectivity index (χ2n) is 2.77. The molecule has 0 amide bonds. The summed E-state index contributed by atoms with van der Waals surface area (Å²) in [5.74, 6) is 0.0926. The number of hydrogen-bond donors (Lipinski definition) is 0. The lowest BCUT2D eigenvalue weighted by Gasteiger charge is -2.02. The third-order valence-electron chi connectivity index (χ3n) is 1.61. The number of carbonyl (C=O) groups excluding carboxylic acids is 1. The second kappa shape index (κ2) is 5.65. The summed E-state index contributed by atoms with van der Waals surface area (Å²) in [6.07, 6.45) is 7.42. The average molecular weight is 211 g/mol. The quantitative estimate of drug-likeness (QED) is 0.554. The zero-order valence-electron chi connectivity index (χ0n) is 8.27. The van der Waals surface area contributed by atoms with E-state index >= 15 is 0 Å². The van der Waals surface area contributed by atoms with Crippen molar-refractivity contribution in [3.8, 4) is 0 Å². The molecule has 1 aromatic heterocycles. The van der Waals surface area contributed by atoms with E-state index in [1.54, 1.807) is 12.3 Å². The van der Waals surface area contributed by atoms with Gasteiger partial charge in [0.05, 0.1) is 11.4 Å². The van der Waals surface area contributed by atoms with E-state index < -0.39 is 0 Å². The predicted molar refractivity (Wildman–Crippen MR) is 56.3 cm³/mol. The Labute approximate surface area is 87.6 Å². The fourth-order valence-electron chi connectivity index (χ4n) is 0.847. The molecule has 1 rings (SSSR count). The van der Waals surface area contributed by atoms with Crippen molar-refractivity contribution in [3.05, 3.63) is 24.6 Å². The van der Waals surface area contributed by atoms with Crippen LogP contribution >= 0.6 is 11.8 Å². The number of hydrogen-bond acceptors (Lipinski definition) is 4. The van der Waals surface area contributed by atoms with Gasteiger partial charge in [-0.15, -0.1) is 0 Å². The topological polar surface area (TPSA) is 43.1 Å². The Morgan fingerprint density at radius 3 is 3.14 bits per heavy atom. The maximum Gasteiger partial charge on any atom is 0.256 e. The lowest BCUT2D eigenvalue weighted by molar-refractivity contribution is -0.113. The van der Waals surface area contributed by atoms with Crippen LogP contribution in [0, 0.1) is 0 Å². The minimum atomic E-state index is -0.142. The summed E-state index contributed by atoms with van der Waals surface area (Å²) in [7, 11) is 0. The molecule has 1 aromatic rings. The van der Waals surface area contributed by atoms with Gasteiger partial charge in [0, 0.05) is 0 Å². The van der Waals surface area contributed by atoms with Crippen molar-refractivity contribution in [1.82, 2.24) is 4.98 Å². The van der Waals surface area contributed by atoms with Gasteiger partial charge >= 0.3 is 0 Å². The number of allylic oxidation sites excluding steroid dienone is 2. The molecule has 76 valence electrons. The number of oxazole rings is 1. The van der Waals surface area contributed by atoms with E-state index in [4.69, 9.17) is 4.42 Å². The summed E-state index contributed by atoms with van der Waals surface area (Å²) >= 11 is 1.33. The number of thioether (sulfide) groups is 1. The fourth-order valence-corrected chi connectivity index (χ4v) is 1.58. The normalized spacial score (nSPS) is 13.3. The summed E-state index contributed by atoms with van der Waals surface area (Å²) in [6.45, 7) is 3.84. The van der Waals surface area contributed by atoms with Gasteiger partial charge in [0.15, 0.2) is 5.78 Å². The molecule has 0 radical (unpaired) electrons. The highest BCUT2D eigenvalue weighted by Crippen LogP contribution is 2.21. The highest BCUT2D eigenvalue weighted by molar-refractivity contribution is 8.00. The Kier molecular flexibility index (Phi) is 4.46. The molecule has 0 spiro atoms. The molecular formula is C10H13NO2S. The van der Waals surface area contributed by atoms with Crippen molar-refractivity contribution in [2.75, 3.05) is 0 Å². The zero-order chi connectivity index (χ0) is 10.4. The first-order chi connectivity index (χ1) is 6.74. The van der Waals surface area contributed by atoms with Gasteiger partial charge in [0.2, 0.25) is 0 Å². The molecule has 1 heterocycles. The van der Waals surface area contributed by atoms with Crippen molar-refractivity contribution >= 4 is 17.5 Å². The summed E-state index contributed by atoms with van der Waals surface area (Å²) in [5.41, 5.74) is 0. The molecule has 0 bridgehead atoms. The molecule has 3 nitrogen and oxygen atoms in total. The first kappa shape index (κ1) is 11.0. The van der Waals surface area contributed by atoms with Gasteiger partial charge in [-0.1, -0.05) is 24.8 Å². The molecule has 0 aliphatic rings. The molecule has 0 saturated heterocycles. The molecule has 0 aliphatic carbocycles. The largest absolute Gasteiger partial charge is 0.440 e. The Bertz CT molecular complexity index is 306. The van der Waals surface area contributed by atoms with Crippen LogP contribution in [0.5, 0.6) is 0 Å². The third-order valence-corrected chi connectivity index (χ3v) is 2.59. The van der Waals surface area contributed by atoms with Gasteiger partial charge in [-0.05, 0) is 19.4 Å². The van der Waals surface area contributed by atoms with Crippen molar-refractivity contribution < 1.29 is 9.21 Å². The Hall–Kier alpha value is -1.03. The molecule has 1 unspecified atom stereocenters. The predicted octanol–water partition coefficient (Wildman–Crippen LogP) is 2.69. The van der Waals surface area contributed by atoms with Crippen molar-refractivity contribution in [2.45, 2.75) is 30.7 Å². The van der Waals surface area contributed by atoms with Crippen molar-refractivity contribution in [3.63, 3.8) is 0 Å². The molecule has 0 fully saturated rings. The van der Waals surface area contributed by atoms with Crippen LogP contribution < -0.4 is 0 Å². The van der Waals surface area contributed by atoms with Gasteiger partial charge in [-0.3, -0.25) is 4.79 Å². The highest BCUT2D eigenvalue weighted by Gasteiger charge is 2.13. The first-order valence-corrected chi connectivity index (χ1v) is 5.38. The van der Waals surface area contributed by atoms with Crippen LogP contribution in [0.25, 0.3) is 0 Å². The molecule has 0 aromatic carbocycles. The molecule has 14 heavy (non-hydrogen) atoms. The van der Waals surface area contributed by atoms with E-state index in [-0.39, 0.29) is 11.0 Å². The average Bonchev–Trinajstić information content (AvgIpc) is 2.66. The molecule has 0 N–H and O–H groups in total. The SMILES string of the molecule is CC/C=C/C(=O)C(C)Sc1ncco1. The zero-order valence-corrected chi connectivity index (χ0v) is 9.08. The second-order valence-corrected chi connectivity index (χ2v) is 4.06. The number of aromatic nitrogens is 1. The van der Waals surface area contributed by atoms with E-state index in [1.165, 1.54) is 18.0 Å². The molecular weight excluding hydrogens is 198 g/mol. The van der Waals surface area contributed by atoms with Crippen LogP contribution in [-0.2, 0) is 4.79 Å². The van der Waals surface area contributed by atoms with E-state index in [2.05, 4.69) is 4.98 Å². The smallest absolute Gasteiger partial charge is 0.256 e. The van der Waals surface area contributed by atoms with Crippen LogP contribution in [0.3, 0.4) is 0 Å².